The van der Waals surface area contributed by atoms with Gasteiger partial charge in [0.2, 0.25) is 0 Å². The lowest BCUT2D eigenvalue weighted by Crippen LogP contribution is -2.08. The van der Waals surface area contributed by atoms with Crippen LogP contribution in [-0.4, -0.2) is 24.3 Å². The lowest BCUT2D eigenvalue weighted by molar-refractivity contribution is -0.132. The largest absolute Gasteiger partial charge is 0.478 e. The number of methoxy groups -OCH3 is 1. The molecule has 0 aromatic carbocycles. The second-order valence-electron chi connectivity index (χ2n) is 2.69. The average molecular weight is 183 g/mol. The van der Waals surface area contributed by atoms with Gasteiger partial charge in [-0.25, -0.2) is 4.79 Å². The standard InChI is InChI=1S/C9H13NO3/c1-7(13-2)3-4-8(5-6-10)9(11)12/h5,7H,3-4H2,1-2H3,(H,11,12). The van der Waals surface area contributed by atoms with Gasteiger partial charge >= 0.3 is 5.97 Å². The molecule has 0 saturated heterocycles. The summed E-state index contributed by atoms with van der Waals surface area (Å²) in [6, 6.07) is 1.71. The molecule has 0 fully saturated rings. The van der Waals surface area contributed by atoms with E-state index in [9.17, 15) is 4.79 Å². The predicted molar refractivity (Wildman–Crippen MR) is 47.0 cm³/mol. The lowest BCUT2D eigenvalue weighted by atomic mass is 10.1. The summed E-state index contributed by atoms with van der Waals surface area (Å²) in [5.74, 6) is -1.04. The van der Waals surface area contributed by atoms with E-state index in [0.717, 1.165) is 6.08 Å². The lowest BCUT2D eigenvalue weighted by Gasteiger charge is -2.08. The third-order valence-electron chi connectivity index (χ3n) is 1.74. The number of nitrogens with zero attached hydrogens (tertiary/aromatic N) is 1. The normalized spacial score (nSPS) is 13.5. The Hall–Kier alpha value is -1.34. The maximum atomic E-state index is 10.5. The van der Waals surface area contributed by atoms with Crippen molar-refractivity contribution in [1.82, 2.24) is 0 Å². The van der Waals surface area contributed by atoms with Crippen molar-refractivity contribution >= 4 is 5.97 Å². The molecule has 0 spiro atoms. The monoisotopic (exact) mass is 183 g/mol. The Morgan fingerprint density at radius 3 is 2.77 bits per heavy atom. The van der Waals surface area contributed by atoms with Crippen LogP contribution in [0.2, 0.25) is 0 Å². The minimum atomic E-state index is -1.04. The van der Waals surface area contributed by atoms with Gasteiger partial charge in [0.15, 0.2) is 0 Å². The summed E-state index contributed by atoms with van der Waals surface area (Å²) in [6.07, 6.45) is 2.04. The number of carboxylic acids is 1. The molecule has 4 heteroatoms. The van der Waals surface area contributed by atoms with Crippen molar-refractivity contribution in [1.29, 1.82) is 5.26 Å². The number of allylic oxidation sites excluding steroid dienone is 1. The summed E-state index contributed by atoms with van der Waals surface area (Å²) in [4.78, 5) is 10.5. The molecule has 4 nitrogen and oxygen atoms in total. The molecule has 72 valence electrons. The summed E-state index contributed by atoms with van der Waals surface area (Å²) in [6.45, 7) is 1.85. The Morgan fingerprint density at radius 1 is 1.77 bits per heavy atom. The molecule has 0 aliphatic carbocycles. The minimum Gasteiger partial charge on any atom is -0.478 e. The first-order valence-corrected chi connectivity index (χ1v) is 3.96. The van der Waals surface area contributed by atoms with E-state index in [-0.39, 0.29) is 11.7 Å². The Balaban J connectivity index is 4.08. The van der Waals surface area contributed by atoms with Crippen LogP contribution in [-0.2, 0) is 9.53 Å². The molecule has 0 aliphatic rings. The number of aliphatic carboxylic acids is 1. The fourth-order valence-corrected chi connectivity index (χ4v) is 0.795. The SMILES string of the molecule is COC(C)CCC(=CC#N)C(=O)O. The van der Waals surface area contributed by atoms with Gasteiger partial charge in [0, 0.05) is 18.8 Å². The summed E-state index contributed by atoms with van der Waals surface area (Å²) in [7, 11) is 1.57. The number of carboxylic acid groups (broad SMARTS) is 1. The van der Waals surface area contributed by atoms with Crippen molar-refractivity contribution in [2.75, 3.05) is 7.11 Å². The van der Waals surface area contributed by atoms with E-state index in [1.54, 1.807) is 13.2 Å². The molecule has 1 N–H and O–H groups in total. The van der Waals surface area contributed by atoms with Crippen LogP contribution < -0.4 is 0 Å². The third kappa shape index (κ3) is 4.99. The molecule has 0 heterocycles. The minimum absolute atomic E-state index is 0.0152. The number of ether oxygens (including phenoxy) is 1. The van der Waals surface area contributed by atoms with Crippen molar-refractivity contribution in [2.24, 2.45) is 0 Å². The molecule has 0 rings (SSSR count). The van der Waals surface area contributed by atoms with E-state index < -0.39 is 5.97 Å². The zero-order valence-corrected chi connectivity index (χ0v) is 7.78. The maximum absolute atomic E-state index is 10.5. The second kappa shape index (κ2) is 6.21. The quantitative estimate of drug-likeness (QED) is 0.515. The average Bonchev–Trinajstić information content (AvgIpc) is 2.11. The van der Waals surface area contributed by atoms with Gasteiger partial charge in [0.05, 0.1) is 12.2 Å². The molecule has 13 heavy (non-hydrogen) atoms. The molecule has 0 aliphatic heterocycles. The van der Waals surface area contributed by atoms with Gasteiger partial charge in [0.1, 0.15) is 0 Å². The van der Waals surface area contributed by atoms with E-state index in [1.807, 2.05) is 6.92 Å². The first kappa shape index (κ1) is 11.7. The maximum Gasteiger partial charge on any atom is 0.332 e. The van der Waals surface area contributed by atoms with Gasteiger partial charge < -0.3 is 9.84 Å². The van der Waals surface area contributed by atoms with Crippen LogP contribution in [0.1, 0.15) is 19.8 Å². The number of rotatable bonds is 5. The van der Waals surface area contributed by atoms with E-state index in [2.05, 4.69) is 0 Å². The van der Waals surface area contributed by atoms with E-state index in [1.165, 1.54) is 0 Å². The Morgan fingerprint density at radius 2 is 2.38 bits per heavy atom. The molecule has 0 aromatic heterocycles. The van der Waals surface area contributed by atoms with Crippen molar-refractivity contribution in [2.45, 2.75) is 25.9 Å². The smallest absolute Gasteiger partial charge is 0.332 e. The Labute approximate surface area is 77.4 Å². The third-order valence-corrected chi connectivity index (χ3v) is 1.74. The highest BCUT2D eigenvalue weighted by atomic mass is 16.5. The Kier molecular flexibility index (Phi) is 5.57. The molecule has 0 amide bonds. The van der Waals surface area contributed by atoms with Crippen molar-refractivity contribution in [3.8, 4) is 6.07 Å². The van der Waals surface area contributed by atoms with Crippen LogP contribution in [0.4, 0.5) is 0 Å². The highest BCUT2D eigenvalue weighted by Gasteiger charge is 2.08. The number of hydrogen-bond acceptors (Lipinski definition) is 3. The zero-order valence-electron chi connectivity index (χ0n) is 7.78. The van der Waals surface area contributed by atoms with Crippen LogP contribution in [0.3, 0.4) is 0 Å². The summed E-state index contributed by atoms with van der Waals surface area (Å²) in [5, 5.41) is 16.9. The fraction of sp³-hybridized carbons (Fsp3) is 0.556. The summed E-state index contributed by atoms with van der Waals surface area (Å²) < 4.78 is 4.96. The molecule has 1 unspecified atom stereocenters. The Bertz CT molecular complexity index is 240. The van der Waals surface area contributed by atoms with Crippen molar-refractivity contribution < 1.29 is 14.6 Å². The van der Waals surface area contributed by atoms with Gasteiger partial charge in [0.25, 0.3) is 0 Å². The molecular formula is C9H13NO3. The first-order valence-electron chi connectivity index (χ1n) is 3.96. The molecule has 0 saturated carbocycles. The van der Waals surface area contributed by atoms with E-state index in [4.69, 9.17) is 15.1 Å². The highest BCUT2D eigenvalue weighted by molar-refractivity contribution is 5.87. The number of carbonyl (C=O) groups is 1. The molecule has 1 atom stereocenters. The van der Waals surface area contributed by atoms with Crippen LogP contribution in [0.25, 0.3) is 0 Å². The zero-order chi connectivity index (χ0) is 10.3. The fourth-order valence-electron chi connectivity index (χ4n) is 0.795. The van der Waals surface area contributed by atoms with Crippen LogP contribution in [0, 0.1) is 11.3 Å². The van der Waals surface area contributed by atoms with Gasteiger partial charge in [-0.15, -0.1) is 0 Å². The van der Waals surface area contributed by atoms with Crippen LogP contribution in [0.5, 0.6) is 0 Å². The van der Waals surface area contributed by atoms with E-state index in [0.29, 0.717) is 12.8 Å². The molecule has 0 radical (unpaired) electrons. The highest BCUT2D eigenvalue weighted by Crippen LogP contribution is 2.09. The van der Waals surface area contributed by atoms with Crippen LogP contribution >= 0.6 is 0 Å². The summed E-state index contributed by atoms with van der Waals surface area (Å²) >= 11 is 0. The predicted octanol–water partition coefficient (Wildman–Crippen LogP) is 1.34. The summed E-state index contributed by atoms with van der Waals surface area (Å²) in [5.41, 5.74) is 0.131. The van der Waals surface area contributed by atoms with Gasteiger partial charge in [-0.05, 0) is 19.8 Å². The first-order chi connectivity index (χ1) is 6.11. The van der Waals surface area contributed by atoms with E-state index >= 15 is 0 Å². The topological polar surface area (TPSA) is 70.3 Å². The van der Waals surface area contributed by atoms with Gasteiger partial charge in [-0.3, -0.25) is 0 Å². The van der Waals surface area contributed by atoms with Gasteiger partial charge in [-0.2, -0.15) is 5.26 Å². The van der Waals surface area contributed by atoms with Crippen LogP contribution in [0.15, 0.2) is 11.6 Å². The molecule has 0 aromatic rings. The second-order valence-corrected chi connectivity index (χ2v) is 2.69. The number of hydrogen-bond donors (Lipinski definition) is 1. The van der Waals surface area contributed by atoms with Gasteiger partial charge in [-0.1, -0.05) is 0 Å². The molecule has 0 bridgehead atoms. The van der Waals surface area contributed by atoms with Crippen molar-refractivity contribution in [3.05, 3.63) is 11.6 Å². The molecular weight excluding hydrogens is 170 g/mol. The van der Waals surface area contributed by atoms with Crippen molar-refractivity contribution in [3.63, 3.8) is 0 Å². The number of nitriles is 1.